The number of nitrogens with zero attached hydrogens (tertiary/aromatic N) is 5. The van der Waals surface area contributed by atoms with E-state index in [9.17, 15) is 9.59 Å². The van der Waals surface area contributed by atoms with Crippen molar-refractivity contribution in [1.29, 1.82) is 0 Å². The molecule has 166 valence electrons. The minimum Gasteiger partial charge on any atom is -0.383 e. The van der Waals surface area contributed by atoms with Crippen LogP contribution in [0.4, 0.5) is 0 Å². The van der Waals surface area contributed by atoms with Gasteiger partial charge in [0.2, 0.25) is 5.91 Å². The van der Waals surface area contributed by atoms with E-state index in [1.807, 2.05) is 45.6 Å². The number of carbonyl (C=O) groups excluding carboxylic acids is 1. The number of methoxy groups -OCH3 is 1. The molecule has 0 radical (unpaired) electrons. The van der Waals surface area contributed by atoms with Crippen LogP contribution in [0.5, 0.6) is 0 Å². The highest BCUT2D eigenvalue weighted by molar-refractivity contribution is 5.82. The first kappa shape index (κ1) is 20.5. The highest BCUT2D eigenvalue weighted by Crippen LogP contribution is 2.42. The fraction of sp³-hybridized carbons (Fsp3) is 0.609. The number of pyridine rings is 1. The predicted octanol–water partition coefficient (Wildman–Crippen LogP) is 1.38. The lowest BCUT2D eigenvalue weighted by Crippen LogP contribution is -2.54. The second kappa shape index (κ2) is 8.24. The van der Waals surface area contributed by atoms with E-state index in [4.69, 9.17) is 4.74 Å². The summed E-state index contributed by atoms with van der Waals surface area (Å²) in [5.41, 5.74) is 0.930. The quantitative estimate of drug-likeness (QED) is 0.724. The molecule has 5 heterocycles. The molecular weight excluding hydrogens is 394 g/mol. The smallest absolute Gasteiger partial charge is 0.251 e. The number of ether oxygens (including phenoxy) is 1. The van der Waals surface area contributed by atoms with Crippen LogP contribution in [-0.4, -0.2) is 69.2 Å². The number of likely N-dealkylation sites (tertiary alicyclic amines) is 2. The van der Waals surface area contributed by atoms with E-state index in [-0.39, 0.29) is 29.3 Å². The summed E-state index contributed by atoms with van der Waals surface area (Å²) in [7, 11) is 3.69. The Bertz CT molecular complexity index is 1010. The van der Waals surface area contributed by atoms with Crippen LogP contribution in [0.1, 0.15) is 42.7 Å². The maximum Gasteiger partial charge on any atom is 0.251 e. The molecule has 0 aromatic carbocycles. The van der Waals surface area contributed by atoms with Gasteiger partial charge in [0, 0.05) is 69.8 Å². The molecule has 8 heteroatoms. The zero-order valence-electron chi connectivity index (χ0n) is 18.3. The molecule has 0 saturated carbocycles. The SMILES string of the molecule is COC[C@@H]1CCCN1C(=O)[C@H]1[C@H]2C[C@H](CN(Cc3nccn3C)C2)c2cccc(=O)n21. The number of hydrogen-bond donors (Lipinski definition) is 0. The van der Waals surface area contributed by atoms with Gasteiger partial charge in [0.05, 0.1) is 19.2 Å². The highest BCUT2D eigenvalue weighted by Gasteiger charge is 2.46. The van der Waals surface area contributed by atoms with Crippen LogP contribution in [-0.2, 0) is 23.1 Å². The van der Waals surface area contributed by atoms with Crippen LogP contribution in [0, 0.1) is 5.92 Å². The number of imidazole rings is 1. The summed E-state index contributed by atoms with van der Waals surface area (Å²) in [6.45, 7) is 3.72. The minimum atomic E-state index is -0.443. The molecule has 4 atom stereocenters. The Morgan fingerprint density at radius 2 is 2.16 bits per heavy atom. The van der Waals surface area contributed by atoms with E-state index in [1.165, 1.54) is 0 Å². The fourth-order valence-corrected chi connectivity index (χ4v) is 5.88. The lowest BCUT2D eigenvalue weighted by atomic mass is 9.78. The number of carbonyl (C=O) groups is 1. The number of piperidine rings is 1. The molecule has 8 nitrogen and oxygen atoms in total. The lowest BCUT2D eigenvalue weighted by molar-refractivity contribution is -0.140. The van der Waals surface area contributed by atoms with Crippen LogP contribution >= 0.6 is 0 Å². The van der Waals surface area contributed by atoms with Crippen molar-refractivity contribution in [2.24, 2.45) is 13.0 Å². The average molecular weight is 426 g/mol. The van der Waals surface area contributed by atoms with Gasteiger partial charge in [0.15, 0.2) is 0 Å². The number of hydrogen-bond acceptors (Lipinski definition) is 5. The third-order valence-electron chi connectivity index (χ3n) is 7.28. The molecule has 2 bridgehead atoms. The van der Waals surface area contributed by atoms with E-state index in [1.54, 1.807) is 13.2 Å². The molecule has 2 saturated heterocycles. The molecule has 2 aromatic heterocycles. The summed E-state index contributed by atoms with van der Waals surface area (Å²) in [6.07, 6.45) is 6.68. The van der Waals surface area contributed by atoms with Gasteiger partial charge in [0.1, 0.15) is 11.9 Å². The van der Waals surface area contributed by atoms with E-state index >= 15 is 0 Å². The van der Waals surface area contributed by atoms with Crippen molar-refractivity contribution in [2.75, 3.05) is 33.4 Å². The van der Waals surface area contributed by atoms with Gasteiger partial charge in [-0.3, -0.25) is 19.1 Å². The molecule has 3 aliphatic rings. The van der Waals surface area contributed by atoms with Crippen molar-refractivity contribution in [3.63, 3.8) is 0 Å². The van der Waals surface area contributed by atoms with Crippen LogP contribution in [0.3, 0.4) is 0 Å². The van der Waals surface area contributed by atoms with Crippen molar-refractivity contribution in [2.45, 2.75) is 43.8 Å². The second-order valence-electron chi connectivity index (χ2n) is 9.23. The first-order valence-electron chi connectivity index (χ1n) is 11.3. The summed E-state index contributed by atoms with van der Waals surface area (Å²) in [5.74, 6) is 1.47. The predicted molar refractivity (Wildman–Crippen MR) is 116 cm³/mol. The van der Waals surface area contributed by atoms with Crippen LogP contribution in [0.15, 0.2) is 35.4 Å². The van der Waals surface area contributed by atoms with Crippen LogP contribution in [0.25, 0.3) is 0 Å². The molecule has 31 heavy (non-hydrogen) atoms. The highest BCUT2D eigenvalue weighted by atomic mass is 16.5. The van der Waals surface area contributed by atoms with E-state index in [2.05, 4.69) is 9.88 Å². The third-order valence-corrected chi connectivity index (χ3v) is 7.28. The monoisotopic (exact) mass is 425 g/mol. The van der Waals surface area contributed by atoms with Crippen molar-refractivity contribution >= 4 is 5.91 Å². The molecular formula is C23H31N5O3. The molecule has 3 aliphatic heterocycles. The number of aryl methyl sites for hydroxylation is 1. The Balaban J connectivity index is 1.48. The van der Waals surface area contributed by atoms with Gasteiger partial charge in [0.25, 0.3) is 5.56 Å². The van der Waals surface area contributed by atoms with Gasteiger partial charge in [-0.2, -0.15) is 0 Å². The number of fused-ring (bicyclic) bond motifs is 4. The van der Waals surface area contributed by atoms with Gasteiger partial charge < -0.3 is 14.2 Å². The second-order valence-corrected chi connectivity index (χ2v) is 9.23. The van der Waals surface area contributed by atoms with E-state index in [0.717, 1.165) is 57.0 Å². The normalized spacial score (nSPS) is 28.0. The summed E-state index contributed by atoms with van der Waals surface area (Å²) in [4.78, 5) is 35.7. The molecule has 0 aliphatic carbocycles. The minimum absolute atomic E-state index is 0.0643. The van der Waals surface area contributed by atoms with Crippen LogP contribution in [0.2, 0.25) is 0 Å². The first-order valence-corrected chi connectivity index (χ1v) is 11.3. The molecule has 1 amide bonds. The Hall–Kier alpha value is -2.45. The molecule has 5 rings (SSSR count). The van der Waals surface area contributed by atoms with Gasteiger partial charge in [-0.25, -0.2) is 4.98 Å². The van der Waals surface area contributed by atoms with E-state index < -0.39 is 6.04 Å². The van der Waals surface area contributed by atoms with Crippen LogP contribution < -0.4 is 5.56 Å². The molecule has 0 spiro atoms. The largest absolute Gasteiger partial charge is 0.383 e. The third kappa shape index (κ3) is 3.61. The Morgan fingerprint density at radius 1 is 1.29 bits per heavy atom. The van der Waals surface area contributed by atoms with Crippen molar-refractivity contribution in [3.8, 4) is 0 Å². The summed E-state index contributed by atoms with van der Waals surface area (Å²) < 4.78 is 9.23. The Kier molecular flexibility index (Phi) is 5.44. The van der Waals surface area contributed by atoms with Crippen molar-refractivity contribution in [1.82, 2.24) is 23.9 Å². The molecule has 2 aromatic rings. The van der Waals surface area contributed by atoms with Crippen molar-refractivity contribution < 1.29 is 9.53 Å². The topological polar surface area (TPSA) is 72.6 Å². The van der Waals surface area contributed by atoms with Gasteiger partial charge >= 0.3 is 0 Å². The zero-order chi connectivity index (χ0) is 21.5. The van der Waals surface area contributed by atoms with Crippen molar-refractivity contribution in [3.05, 3.63) is 52.5 Å². The summed E-state index contributed by atoms with van der Waals surface area (Å²) in [5, 5.41) is 0. The lowest BCUT2D eigenvalue weighted by Gasteiger charge is -2.47. The zero-order valence-corrected chi connectivity index (χ0v) is 18.3. The van der Waals surface area contributed by atoms with E-state index in [0.29, 0.717) is 6.61 Å². The number of rotatable bonds is 5. The fourth-order valence-electron chi connectivity index (χ4n) is 5.88. The van der Waals surface area contributed by atoms with Gasteiger partial charge in [-0.05, 0) is 25.3 Å². The standard InChI is InChI=1S/C23H31N5O3/c1-25-10-8-24-20(25)14-26-12-16-11-17(13-26)22(28-19(16)6-3-7-21(28)29)23(30)27-9-4-5-18(27)15-31-2/h3,6-8,10,16-18,22H,4-5,9,11-15H2,1-2H3/t16-,17+,18+,22-/m1/s1. The first-order chi connectivity index (χ1) is 15.1. The maximum atomic E-state index is 13.9. The number of amides is 1. The summed E-state index contributed by atoms with van der Waals surface area (Å²) in [6, 6.07) is 5.11. The molecule has 2 fully saturated rings. The Morgan fingerprint density at radius 3 is 2.94 bits per heavy atom. The maximum absolute atomic E-state index is 13.9. The Labute approximate surface area is 182 Å². The van der Waals surface area contributed by atoms with Gasteiger partial charge in [-0.1, -0.05) is 6.07 Å². The number of aromatic nitrogens is 3. The molecule has 0 unspecified atom stereocenters. The molecule has 0 N–H and O–H groups in total. The van der Waals surface area contributed by atoms with Gasteiger partial charge in [-0.15, -0.1) is 0 Å². The average Bonchev–Trinajstić information content (AvgIpc) is 3.38. The summed E-state index contributed by atoms with van der Waals surface area (Å²) >= 11 is 0.